The first-order valence-electron chi connectivity index (χ1n) is 6.07. The Morgan fingerprint density at radius 1 is 1.00 bits per heavy atom. The Bertz CT molecular complexity index is 707. The van der Waals surface area contributed by atoms with Crippen LogP contribution in [0.5, 0.6) is 0 Å². The average Bonchev–Trinajstić information content (AvgIpc) is 2.77. The van der Waals surface area contributed by atoms with Crippen LogP contribution in [-0.4, -0.2) is 5.75 Å². The number of allylic oxidation sites excluding steroid dienone is 1. The fourth-order valence-electron chi connectivity index (χ4n) is 2.14. The highest BCUT2D eigenvalue weighted by molar-refractivity contribution is 7.80. The Hall–Kier alpha value is -1.25. The molecular formula is C16H14S2. The van der Waals surface area contributed by atoms with Crippen LogP contribution in [0.25, 0.3) is 26.2 Å². The molecule has 0 nitrogen and oxygen atoms in total. The van der Waals surface area contributed by atoms with E-state index in [1.165, 1.54) is 25.7 Å². The minimum absolute atomic E-state index is 0.903. The van der Waals surface area contributed by atoms with Gasteiger partial charge >= 0.3 is 0 Å². The molecule has 0 atom stereocenters. The highest BCUT2D eigenvalue weighted by Gasteiger charge is 2.03. The van der Waals surface area contributed by atoms with Crippen LogP contribution < -0.4 is 0 Å². The van der Waals surface area contributed by atoms with Gasteiger partial charge in [-0.25, -0.2) is 0 Å². The van der Waals surface area contributed by atoms with E-state index in [0.717, 1.165) is 12.2 Å². The zero-order valence-electron chi connectivity index (χ0n) is 9.97. The molecule has 0 bridgehead atoms. The molecule has 0 fully saturated rings. The summed E-state index contributed by atoms with van der Waals surface area (Å²) < 4.78 is 2.73. The third kappa shape index (κ3) is 2.18. The Labute approximate surface area is 116 Å². The van der Waals surface area contributed by atoms with Gasteiger partial charge in [0.1, 0.15) is 0 Å². The summed E-state index contributed by atoms with van der Waals surface area (Å²) in [5, 5.41) is 2.73. The molecule has 3 aromatic rings. The first kappa shape index (κ1) is 11.8. The van der Waals surface area contributed by atoms with Gasteiger partial charge in [-0.05, 0) is 35.9 Å². The number of hydrogen-bond donors (Lipinski definition) is 1. The van der Waals surface area contributed by atoms with Crippen LogP contribution in [0.1, 0.15) is 12.0 Å². The number of fused-ring (bicyclic) bond motifs is 3. The SMILES string of the molecule is SCCC=Cc1ccc2sc3ccccc3c2c1. The molecule has 0 aliphatic carbocycles. The van der Waals surface area contributed by atoms with Crippen molar-refractivity contribution in [1.82, 2.24) is 0 Å². The molecule has 0 saturated carbocycles. The quantitative estimate of drug-likeness (QED) is 0.606. The third-order valence-corrected chi connectivity index (χ3v) is 4.42. The first-order valence-corrected chi connectivity index (χ1v) is 7.52. The lowest BCUT2D eigenvalue weighted by Crippen LogP contribution is -1.73. The highest BCUT2D eigenvalue weighted by atomic mass is 32.1. The first-order chi connectivity index (χ1) is 8.88. The second-order valence-electron chi connectivity index (χ2n) is 4.27. The van der Waals surface area contributed by atoms with Crippen molar-refractivity contribution >= 4 is 50.2 Å². The molecule has 2 aromatic carbocycles. The molecule has 1 aromatic heterocycles. The van der Waals surface area contributed by atoms with E-state index in [-0.39, 0.29) is 0 Å². The lowest BCUT2D eigenvalue weighted by Gasteiger charge is -1.95. The summed E-state index contributed by atoms with van der Waals surface area (Å²) >= 11 is 6.08. The molecule has 18 heavy (non-hydrogen) atoms. The molecule has 2 heteroatoms. The predicted molar refractivity (Wildman–Crippen MR) is 86.8 cm³/mol. The van der Waals surface area contributed by atoms with Crippen LogP contribution in [0.3, 0.4) is 0 Å². The molecule has 0 saturated heterocycles. The number of benzene rings is 2. The lowest BCUT2D eigenvalue weighted by molar-refractivity contribution is 1.26. The molecule has 0 aliphatic rings. The van der Waals surface area contributed by atoms with Crippen molar-refractivity contribution in [2.75, 3.05) is 5.75 Å². The van der Waals surface area contributed by atoms with Gasteiger partial charge in [-0.15, -0.1) is 11.3 Å². The molecule has 3 rings (SSSR count). The van der Waals surface area contributed by atoms with Crippen molar-refractivity contribution < 1.29 is 0 Å². The van der Waals surface area contributed by atoms with E-state index in [1.54, 1.807) is 0 Å². The summed E-state index contributed by atoms with van der Waals surface area (Å²) in [7, 11) is 0. The lowest BCUT2D eigenvalue weighted by atomic mass is 10.1. The summed E-state index contributed by atoms with van der Waals surface area (Å²) in [5.74, 6) is 0.903. The second kappa shape index (κ2) is 5.17. The Kier molecular flexibility index (Phi) is 3.39. The van der Waals surface area contributed by atoms with Gasteiger partial charge < -0.3 is 0 Å². The van der Waals surface area contributed by atoms with Gasteiger partial charge in [0.2, 0.25) is 0 Å². The van der Waals surface area contributed by atoms with Crippen LogP contribution >= 0.6 is 24.0 Å². The van der Waals surface area contributed by atoms with Gasteiger partial charge in [0.05, 0.1) is 0 Å². The van der Waals surface area contributed by atoms with Crippen LogP contribution in [0.15, 0.2) is 48.5 Å². The van der Waals surface area contributed by atoms with Crippen LogP contribution in [0.2, 0.25) is 0 Å². The third-order valence-electron chi connectivity index (χ3n) is 3.01. The molecule has 0 amide bonds. The van der Waals surface area contributed by atoms with Crippen LogP contribution in [0.4, 0.5) is 0 Å². The van der Waals surface area contributed by atoms with Crippen molar-refractivity contribution in [3.05, 3.63) is 54.1 Å². The standard InChI is InChI=1S/C16H14S2/c17-10-4-3-5-12-8-9-16-14(11-12)13-6-1-2-7-15(13)18-16/h1-3,5-9,11,17H,4,10H2. The zero-order valence-corrected chi connectivity index (χ0v) is 11.7. The van der Waals surface area contributed by atoms with Crippen LogP contribution in [0, 0.1) is 0 Å². The van der Waals surface area contributed by atoms with E-state index in [2.05, 4.69) is 67.2 Å². The normalized spacial score (nSPS) is 11.8. The summed E-state index contributed by atoms with van der Waals surface area (Å²) in [4.78, 5) is 0. The van der Waals surface area contributed by atoms with E-state index in [9.17, 15) is 0 Å². The maximum absolute atomic E-state index is 4.21. The van der Waals surface area contributed by atoms with Crippen LogP contribution in [-0.2, 0) is 0 Å². The molecule has 0 unspecified atom stereocenters. The van der Waals surface area contributed by atoms with E-state index < -0.39 is 0 Å². The number of rotatable bonds is 3. The Morgan fingerprint density at radius 3 is 2.72 bits per heavy atom. The average molecular weight is 270 g/mol. The largest absolute Gasteiger partial charge is 0.179 e. The smallest absolute Gasteiger partial charge is 0.0355 e. The monoisotopic (exact) mass is 270 g/mol. The van der Waals surface area contributed by atoms with Crippen molar-refractivity contribution in [2.24, 2.45) is 0 Å². The van der Waals surface area contributed by atoms with E-state index in [0.29, 0.717) is 0 Å². The highest BCUT2D eigenvalue weighted by Crippen LogP contribution is 2.34. The summed E-state index contributed by atoms with van der Waals surface area (Å²) in [6.45, 7) is 0. The Morgan fingerprint density at radius 2 is 1.83 bits per heavy atom. The topological polar surface area (TPSA) is 0 Å². The Balaban J connectivity index is 2.12. The molecule has 0 spiro atoms. The minimum Gasteiger partial charge on any atom is -0.179 e. The van der Waals surface area contributed by atoms with Crippen molar-refractivity contribution in [3.63, 3.8) is 0 Å². The van der Waals surface area contributed by atoms with Crippen molar-refractivity contribution in [3.8, 4) is 0 Å². The number of hydrogen-bond acceptors (Lipinski definition) is 2. The zero-order chi connectivity index (χ0) is 12.4. The van der Waals surface area contributed by atoms with E-state index >= 15 is 0 Å². The maximum atomic E-state index is 4.21. The fourth-order valence-corrected chi connectivity index (χ4v) is 3.38. The van der Waals surface area contributed by atoms with Gasteiger partial charge in [0.15, 0.2) is 0 Å². The summed E-state index contributed by atoms with van der Waals surface area (Å²) in [6, 6.07) is 15.3. The minimum atomic E-state index is 0.903. The number of thiol groups is 1. The van der Waals surface area contributed by atoms with Crippen molar-refractivity contribution in [2.45, 2.75) is 6.42 Å². The van der Waals surface area contributed by atoms with Gasteiger partial charge in [0.25, 0.3) is 0 Å². The summed E-state index contributed by atoms with van der Waals surface area (Å²) in [6.07, 6.45) is 5.39. The summed E-state index contributed by atoms with van der Waals surface area (Å²) in [5.41, 5.74) is 1.27. The molecule has 0 N–H and O–H groups in total. The predicted octanol–water partition coefficient (Wildman–Crippen LogP) is 5.39. The molecule has 0 aliphatic heterocycles. The van der Waals surface area contributed by atoms with Gasteiger partial charge in [0, 0.05) is 20.2 Å². The molecular weight excluding hydrogens is 256 g/mol. The molecule has 90 valence electrons. The molecule has 0 radical (unpaired) electrons. The second-order valence-corrected chi connectivity index (χ2v) is 5.80. The van der Waals surface area contributed by atoms with Gasteiger partial charge in [-0.1, -0.05) is 36.4 Å². The number of thiophene rings is 1. The maximum Gasteiger partial charge on any atom is 0.0355 e. The van der Waals surface area contributed by atoms with E-state index in [4.69, 9.17) is 0 Å². The van der Waals surface area contributed by atoms with Crippen molar-refractivity contribution in [1.29, 1.82) is 0 Å². The van der Waals surface area contributed by atoms with E-state index in [1.807, 2.05) is 11.3 Å². The van der Waals surface area contributed by atoms with Gasteiger partial charge in [-0.2, -0.15) is 12.6 Å². The fraction of sp³-hybridized carbons (Fsp3) is 0.125. The molecule has 1 heterocycles. The van der Waals surface area contributed by atoms with Gasteiger partial charge in [-0.3, -0.25) is 0 Å².